The molecule has 0 heterocycles. The van der Waals surface area contributed by atoms with Crippen molar-refractivity contribution in [1.29, 1.82) is 0 Å². The zero-order valence-corrected chi connectivity index (χ0v) is 8.12. The minimum atomic E-state index is -0.276. The summed E-state index contributed by atoms with van der Waals surface area (Å²) in [5.41, 5.74) is -0.237. The molecule has 0 aromatic heterocycles. The topological polar surface area (TPSA) is 58.9 Å². The van der Waals surface area contributed by atoms with E-state index in [4.69, 9.17) is 0 Å². The first-order valence-electron chi connectivity index (χ1n) is 4.80. The van der Waals surface area contributed by atoms with Crippen molar-refractivity contribution in [2.45, 2.75) is 44.2 Å². The minimum Gasteiger partial charge on any atom is -0.211 e. The summed E-state index contributed by atoms with van der Waals surface area (Å²) < 4.78 is 0. The molecule has 4 heteroatoms. The van der Waals surface area contributed by atoms with Crippen molar-refractivity contribution in [3.63, 3.8) is 0 Å². The van der Waals surface area contributed by atoms with Gasteiger partial charge in [-0.3, -0.25) is 0 Å². The lowest BCUT2D eigenvalue weighted by Gasteiger charge is -2.27. The molecule has 0 saturated heterocycles. The summed E-state index contributed by atoms with van der Waals surface area (Å²) in [4.78, 5) is 28.3. The lowest BCUT2D eigenvalue weighted by Crippen LogP contribution is -2.28. The minimum absolute atomic E-state index is 0.00847. The highest BCUT2D eigenvalue weighted by Crippen LogP contribution is 2.58. The normalized spacial score (nSPS) is 44.2. The largest absolute Gasteiger partial charge is 0.235 e. The van der Waals surface area contributed by atoms with E-state index in [2.05, 4.69) is 16.9 Å². The second-order valence-corrected chi connectivity index (χ2v) is 4.70. The number of hydrogen-bond donors (Lipinski definition) is 0. The number of isocyanates is 2. The van der Waals surface area contributed by atoms with E-state index < -0.39 is 0 Å². The molecule has 3 unspecified atom stereocenters. The molecule has 2 aliphatic carbocycles. The van der Waals surface area contributed by atoms with Crippen molar-refractivity contribution in [3.8, 4) is 0 Å². The van der Waals surface area contributed by atoms with Crippen LogP contribution in [0.1, 0.15) is 32.6 Å². The van der Waals surface area contributed by atoms with Gasteiger partial charge in [0.2, 0.25) is 12.2 Å². The Balaban J connectivity index is 2.31. The zero-order valence-electron chi connectivity index (χ0n) is 8.12. The summed E-state index contributed by atoms with van der Waals surface area (Å²) in [5.74, 6) is 0. The Hall–Kier alpha value is -1.24. The van der Waals surface area contributed by atoms with Gasteiger partial charge in [0.25, 0.3) is 0 Å². The van der Waals surface area contributed by atoms with Gasteiger partial charge in [-0.05, 0) is 31.1 Å². The van der Waals surface area contributed by atoms with E-state index in [9.17, 15) is 9.59 Å². The van der Waals surface area contributed by atoms with Crippen molar-refractivity contribution in [1.82, 2.24) is 0 Å². The lowest BCUT2D eigenvalue weighted by atomic mass is 9.82. The van der Waals surface area contributed by atoms with Crippen LogP contribution in [0.15, 0.2) is 9.98 Å². The number of rotatable bonds is 2. The van der Waals surface area contributed by atoms with Crippen LogP contribution in [0.3, 0.4) is 0 Å². The third-order valence-electron chi connectivity index (χ3n) is 3.76. The van der Waals surface area contributed by atoms with Gasteiger partial charge in [-0.25, -0.2) is 14.6 Å². The average Bonchev–Trinajstić information content (AvgIpc) is 2.57. The summed E-state index contributed by atoms with van der Waals surface area (Å²) in [6.07, 6.45) is 6.71. The van der Waals surface area contributed by atoms with Gasteiger partial charge in [0.05, 0.1) is 11.6 Å². The first-order valence-corrected chi connectivity index (χ1v) is 4.80. The summed E-state index contributed by atoms with van der Waals surface area (Å²) >= 11 is 0. The zero-order chi connectivity index (χ0) is 10.2. The van der Waals surface area contributed by atoms with Gasteiger partial charge in [-0.15, -0.1) is 0 Å². The van der Waals surface area contributed by atoms with E-state index in [0.717, 1.165) is 19.3 Å². The predicted octanol–water partition coefficient (Wildman–Crippen LogP) is 1.36. The van der Waals surface area contributed by atoms with Crippen molar-refractivity contribution < 1.29 is 9.59 Å². The van der Waals surface area contributed by atoms with E-state index in [1.165, 1.54) is 0 Å². The quantitative estimate of drug-likeness (QED) is 0.490. The highest BCUT2D eigenvalue weighted by atomic mass is 16.1. The number of fused-ring (bicyclic) bond motifs is 2. The highest BCUT2D eigenvalue weighted by Gasteiger charge is 2.58. The number of carbonyl (C=O) groups excluding carboxylic acids is 2. The Morgan fingerprint density at radius 2 is 2.07 bits per heavy atom. The van der Waals surface area contributed by atoms with Crippen LogP contribution in [0.5, 0.6) is 0 Å². The van der Waals surface area contributed by atoms with Crippen LogP contribution >= 0.6 is 0 Å². The highest BCUT2D eigenvalue weighted by molar-refractivity contribution is 5.38. The third-order valence-corrected chi connectivity index (χ3v) is 3.76. The summed E-state index contributed by atoms with van der Waals surface area (Å²) in [5, 5.41) is 0. The van der Waals surface area contributed by atoms with E-state index in [1.54, 1.807) is 12.2 Å². The molecule has 3 atom stereocenters. The molecule has 0 amide bonds. The maximum absolute atomic E-state index is 10.3. The Kier molecular flexibility index (Phi) is 1.91. The fourth-order valence-electron chi connectivity index (χ4n) is 3.01. The van der Waals surface area contributed by atoms with Crippen LogP contribution in [0, 0.1) is 5.41 Å². The van der Waals surface area contributed by atoms with Crippen molar-refractivity contribution >= 4 is 12.2 Å². The van der Waals surface area contributed by atoms with Crippen LogP contribution < -0.4 is 0 Å². The maximum Gasteiger partial charge on any atom is 0.235 e. The van der Waals surface area contributed by atoms with E-state index in [-0.39, 0.29) is 17.0 Å². The van der Waals surface area contributed by atoms with Crippen LogP contribution in [-0.2, 0) is 9.59 Å². The van der Waals surface area contributed by atoms with Crippen molar-refractivity contribution in [2.24, 2.45) is 15.4 Å². The molecule has 0 spiro atoms. The molecular weight excluding hydrogens is 180 g/mol. The molecule has 2 fully saturated rings. The monoisotopic (exact) mass is 192 g/mol. The Bertz CT molecular complexity index is 355. The number of aliphatic imine (C=N–C) groups is 2. The maximum atomic E-state index is 10.3. The lowest BCUT2D eigenvalue weighted by molar-refractivity contribution is 0.279. The van der Waals surface area contributed by atoms with E-state index in [1.807, 2.05) is 0 Å². The average molecular weight is 192 g/mol. The molecule has 0 aromatic carbocycles. The first kappa shape index (κ1) is 9.32. The van der Waals surface area contributed by atoms with Crippen LogP contribution in [0.4, 0.5) is 0 Å². The molecule has 14 heavy (non-hydrogen) atoms. The smallest absolute Gasteiger partial charge is 0.211 e. The Morgan fingerprint density at radius 3 is 2.71 bits per heavy atom. The van der Waals surface area contributed by atoms with Gasteiger partial charge >= 0.3 is 0 Å². The van der Waals surface area contributed by atoms with Crippen molar-refractivity contribution in [3.05, 3.63) is 0 Å². The Morgan fingerprint density at radius 1 is 1.29 bits per heavy atom. The molecule has 74 valence electrons. The fourth-order valence-corrected chi connectivity index (χ4v) is 3.01. The molecule has 2 bridgehead atoms. The van der Waals surface area contributed by atoms with Gasteiger partial charge in [-0.1, -0.05) is 6.92 Å². The van der Waals surface area contributed by atoms with Gasteiger partial charge in [-0.2, -0.15) is 4.99 Å². The van der Waals surface area contributed by atoms with Crippen LogP contribution in [0.2, 0.25) is 0 Å². The molecule has 4 nitrogen and oxygen atoms in total. The molecule has 2 aliphatic rings. The fraction of sp³-hybridized carbons (Fsp3) is 0.800. The SMILES string of the molecule is CC12CCC(N=C=O)(CC1N=C=O)C2. The summed E-state index contributed by atoms with van der Waals surface area (Å²) in [6, 6.07) is -0.00847. The van der Waals surface area contributed by atoms with Crippen LogP contribution in [0.25, 0.3) is 0 Å². The first-order chi connectivity index (χ1) is 6.64. The summed E-state index contributed by atoms with van der Waals surface area (Å²) in [7, 11) is 0. The molecule has 0 aliphatic heterocycles. The van der Waals surface area contributed by atoms with Gasteiger partial charge in [0.15, 0.2) is 0 Å². The van der Waals surface area contributed by atoms with E-state index in [0.29, 0.717) is 6.42 Å². The summed E-state index contributed by atoms with van der Waals surface area (Å²) in [6.45, 7) is 2.10. The van der Waals surface area contributed by atoms with Crippen molar-refractivity contribution in [2.75, 3.05) is 0 Å². The molecule has 0 N–H and O–H groups in total. The van der Waals surface area contributed by atoms with Crippen LogP contribution in [-0.4, -0.2) is 23.7 Å². The van der Waals surface area contributed by atoms with Gasteiger partial charge in [0, 0.05) is 0 Å². The predicted molar refractivity (Wildman–Crippen MR) is 49.3 cm³/mol. The third kappa shape index (κ3) is 1.16. The second kappa shape index (κ2) is 2.88. The number of nitrogens with zero attached hydrogens (tertiary/aromatic N) is 2. The molecule has 0 aromatic rings. The number of hydrogen-bond acceptors (Lipinski definition) is 4. The van der Waals surface area contributed by atoms with Gasteiger partial charge < -0.3 is 0 Å². The molecule has 2 rings (SSSR count). The standard InChI is InChI=1S/C10H12N2O2/c1-9-2-3-10(5-9,12-7-14)4-8(9)11-6-13/h8H,2-5H2,1H3. The van der Waals surface area contributed by atoms with Gasteiger partial charge in [0.1, 0.15) is 0 Å². The molecular formula is C10H12N2O2. The van der Waals surface area contributed by atoms with E-state index >= 15 is 0 Å². The second-order valence-electron chi connectivity index (χ2n) is 4.70. The molecule has 0 radical (unpaired) electrons. The Labute approximate surface area is 82.1 Å². The molecule has 2 saturated carbocycles.